The largest absolute Gasteiger partial charge is 0.308 e. The Bertz CT molecular complexity index is 1130. The molecule has 1 N–H and O–H groups in total. The summed E-state index contributed by atoms with van der Waals surface area (Å²) in [4.78, 5) is 18.8. The molecule has 7 nitrogen and oxygen atoms in total. The molecular weight excluding hydrogens is 388 g/mol. The molecule has 1 aliphatic rings. The fraction of sp³-hybridized carbons (Fsp3) is 0.222. The average molecular weight is 405 g/mol. The van der Waals surface area contributed by atoms with Gasteiger partial charge in [-0.15, -0.1) is 0 Å². The third-order valence-electron chi connectivity index (χ3n) is 4.46. The Labute approximate surface area is 161 Å². The normalized spacial score (nSPS) is 13.9. The molecule has 1 amide bonds. The van der Waals surface area contributed by atoms with E-state index in [2.05, 4.69) is 9.71 Å². The Morgan fingerprint density at radius 1 is 1.15 bits per heavy atom. The summed E-state index contributed by atoms with van der Waals surface area (Å²) in [6.45, 7) is 1.22. The zero-order chi connectivity index (χ0) is 19.0. The molecule has 0 saturated heterocycles. The summed E-state index contributed by atoms with van der Waals surface area (Å²) >= 11 is 5.84. The third kappa shape index (κ3) is 3.43. The Morgan fingerprint density at radius 2 is 1.96 bits per heavy atom. The van der Waals surface area contributed by atoms with Crippen molar-refractivity contribution in [2.45, 2.75) is 17.9 Å². The summed E-state index contributed by atoms with van der Waals surface area (Å²) in [7, 11) is -3.71. The summed E-state index contributed by atoms with van der Waals surface area (Å²) < 4.78 is 29.0. The first-order chi connectivity index (χ1) is 13.0. The van der Waals surface area contributed by atoms with Gasteiger partial charge in [0.1, 0.15) is 0 Å². The molecule has 0 fully saturated rings. The number of fused-ring (bicyclic) bond motifs is 3. The average Bonchev–Trinajstić information content (AvgIpc) is 3.20. The summed E-state index contributed by atoms with van der Waals surface area (Å²) in [5, 5.41) is 0.338. The number of rotatable bonds is 5. The number of carbonyl (C=O) groups excluding carboxylic acids is 1. The van der Waals surface area contributed by atoms with Gasteiger partial charge in [-0.3, -0.25) is 9.69 Å². The van der Waals surface area contributed by atoms with Crippen molar-refractivity contribution in [1.82, 2.24) is 14.3 Å². The number of hydrogen-bond donors (Lipinski definition) is 1. The topological polar surface area (TPSA) is 84.3 Å². The van der Waals surface area contributed by atoms with Crippen LogP contribution in [0.4, 0.5) is 5.95 Å². The van der Waals surface area contributed by atoms with Crippen LogP contribution in [-0.2, 0) is 21.4 Å². The first-order valence-corrected chi connectivity index (χ1v) is 10.3. The van der Waals surface area contributed by atoms with Crippen LogP contribution in [0.2, 0.25) is 5.02 Å². The maximum atomic E-state index is 12.6. The molecule has 3 aromatic rings. The van der Waals surface area contributed by atoms with Crippen LogP contribution in [0.5, 0.6) is 0 Å². The molecule has 1 aromatic heterocycles. The van der Waals surface area contributed by atoms with Gasteiger partial charge in [0.2, 0.25) is 21.9 Å². The van der Waals surface area contributed by atoms with Crippen molar-refractivity contribution >= 4 is 44.5 Å². The van der Waals surface area contributed by atoms with Crippen LogP contribution in [-0.4, -0.2) is 37.0 Å². The Morgan fingerprint density at radius 3 is 2.78 bits per heavy atom. The standard InChI is InChI=1S/C18H17ClN4O3S/c19-13-4-3-5-14(12-13)27(25,26)20-9-8-17(24)23-11-10-22-16-7-2-1-6-15(16)21-18(22)23/h1-7,12,20H,8-11H2. The molecule has 0 spiro atoms. The van der Waals surface area contributed by atoms with E-state index >= 15 is 0 Å². The van der Waals surface area contributed by atoms with Crippen LogP contribution in [0.25, 0.3) is 11.0 Å². The number of halogens is 1. The van der Waals surface area contributed by atoms with Gasteiger partial charge in [0.15, 0.2) is 0 Å². The minimum atomic E-state index is -3.71. The number of nitrogens with zero attached hydrogens (tertiary/aromatic N) is 3. The van der Waals surface area contributed by atoms with Gasteiger partial charge in [-0.2, -0.15) is 0 Å². The molecule has 0 atom stereocenters. The highest BCUT2D eigenvalue weighted by atomic mass is 35.5. The van der Waals surface area contributed by atoms with E-state index in [1.165, 1.54) is 12.1 Å². The number of sulfonamides is 1. The minimum absolute atomic E-state index is 0.00437. The van der Waals surface area contributed by atoms with Crippen molar-refractivity contribution in [2.24, 2.45) is 0 Å². The van der Waals surface area contributed by atoms with Gasteiger partial charge in [-0.25, -0.2) is 18.1 Å². The van der Waals surface area contributed by atoms with Gasteiger partial charge in [-0.1, -0.05) is 29.8 Å². The number of carbonyl (C=O) groups is 1. The second kappa shape index (κ2) is 6.95. The molecule has 9 heteroatoms. The molecule has 0 bridgehead atoms. The first kappa shape index (κ1) is 18.0. The summed E-state index contributed by atoms with van der Waals surface area (Å²) in [5.41, 5.74) is 1.83. The highest BCUT2D eigenvalue weighted by Gasteiger charge is 2.28. The second-order valence-electron chi connectivity index (χ2n) is 6.20. The lowest BCUT2D eigenvalue weighted by Crippen LogP contribution is -2.33. The zero-order valence-electron chi connectivity index (χ0n) is 14.3. The molecular formula is C18H17ClN4O3S. The van der Waals surface area contributed by atoms with Crippen LogP contribution in [0.3, 0.4) is 0 Å². The Hall–Kier alpha value is -2.42. The Balaban J connectivity index is 1.43. The maximum Gasteiger partial charge on any atom is 0.240 e. The van der Waals surface area contributed by atoms with E-state index in [9.17, 15) is 13.2 Å². The number of amides is 1. The number of para-hydroxylation sites is 2. The quantitative estimate of drug-likeness (QED) is 0.707. The molecule has 2 heterocycles. The van der Waals surface area contributed by atoms with Crippen LogP contribution >= 0.6 is 11.6 Å². The summed E-state index contributed by atoms with van der Waals surface area (Å²) in [6.07, 6.45) is 0.0446. The van der Waals surface area contributed by atoms with Crippen molar-refractivity contribution < 1.29 is 13.2 Å². The first-order valence-electron chi connectivity index (χ1n) is 8.46. The van der Waals surface area contributed by atoms with E-state index < -0.39 is 10.0 Å². The minimum Gasteiger partial charge on any atom is -0.308 e. The number of anilines is 1. The van der Waals surface area contributed by atoms with E-state index in [1.807, 2.05) is 28.8 Å². The van der Waals surface area contributed by atoms with E-state index in [-0.39, 0.29) is 23.8 Å². The van der Waals surface area contributed by atoms with Crippen LogP contribution in [0.15, 0.2) is 53.4 Å². The molecule has 27 heavy (non-hydrogen) atoms. The summed E-state index contributed by atoms with van der Waals surface area (Å²) in [5.74, 6) is 0.441. The van der Waals surface area contributed by atoms with Crippen molar-refractivity contribution in [3.63, 3.8) is 0 Å². The molecule has 2 aromatic carbocycles. The van der Waals surface area contributed by atoms with Crippen molar-refractivity contribution in [1.29, 1.82) is 0 Å². The van der Waals surface area contributed by atoms with Crippen molar-refractivity contribution in [3.8, 4) is 0 Å². The van der Waals surface area contributed by atoms with Crippen LogP contribution in [0, 0.1) is 0 Å². The van der Waals surface area contributed by atoms with Crippen molar-refractivity contribution in [2.75, 3.05) is 18.0 Å². The second-order valence-corrected chi connectivity index (χ2v) is 8.41. The van der Waals surface area contributed by atoms with Crippen molar-refractivity contribution in [3.05, 3.63) is 53.6 Å². The SMILES string of the molecule is O=C(CCNS(=O)(=O)c1cccc(Cl)c1)N1CCn2c1nc1ccccc12. The van der Waals surface area contributed by atoms with Crippen LogP contribution < -0.4 is 9.62 Å². The molecule has 0 unspecified atom stereocenters. The number of aromatic nitrogens is 2. The van der Waals surface area contributed by atoms with Gasteiger partial charge in [0.05, 0.1) is 15.9 Å². The number of imidazole rings is 1. The molecule has 1 aliphatic heterocycles. The lowest BCUT2D eigenvalue weighted by Gasteiger charge is -2.14. The monoisotopic (exact) mass is 404 g/mol. The lowest BCUT2D eigenvalue weighted by atomic mass is 10.3. The highest BCUT2D eigenvalue weighted by Crippen LogP contribution is 2.27. The third-order valence-corrected chi connectivity index (χ3v) is 6.16. The fourth-order valence-corrected chi connectivity index (χ4v) is 4.50. The van der Waals surface area contributed by atoms with Gasteiger partial charge < -0.3 is 4.57 Å². The summed E-state index contributed by atoms with van der Waals surface area (Å²) in [6, 6.07) is 13.7. The van der Waals surface area contributed by atoms with E-state index in [0.717, 1.165) is 11.0 Å². The Kier molecular flexibility index (Phi) is 4.63. The predicted molar refractivity (Wildman–Crippen MR) is 103 cm³/mol. The molecule has 0 saturated carbocycles. The number of benzene rings is 2. The van der Waals surface area contributed by atoms with Gasteiger partial charge in [0.25, 0.3) is 0 Å². The predicted octanol–water partition coefficient (Wildman–Crippen LogP) is 2.40. The van der Waals surface area contributed by atoms with Gasteiger partial charge in [-0.05, 0) is 30.3 Å². The molecule has 0 radical (unpaired) electrons. The lowest BCUT2D eigenvalue weighted by molar-refractivity contribution is -0.118. The van der Waals surface area contributed by atoms with E-state index in [0.29, 0.717) is 24.1 Å². The number of hydrogen-bond acceptors (Lipinski definition) is 4. The molecule has 0 aliphatic carbocycles. The van der Waals surface area contributed by atoms with E-state index in [1.54, 1.807) is 17.0 Å². The highest BCUT2D eigenvalue weighted by molar-refractivity contribution is 7.89. The van der Waals surface area contributed by atoms with E-state index in [4.69, 9.17) is 11.6 Å². The van der Waals surface area contributed by atoms with Gasteiger partial charge >= 0.3 is 0 Å². The van der Waals surface area contributed by atoms with Gasteiger partial charge in [0, 0.05) is 31.1 Å². The maximum absolute atomic E-state index is 12.6. The molecule has 140 valence electrons. The molecule has 4 rings (SSSR count). The smallest absolute Gasteiger partial charge is 0.240 e. The fourth-order valence-electron chi connectivity index (χ4n) is 3.17. The zero-order valence-corrected chi connectivity index (χ0v) is 15.9. The number of nitrogens with one attached hydrogen (secondary N) is 1. The van der Waals surface area contributed by atoms with Crippen LogP contribution in [0.1, 0.15) is 6.42 Å².